The summed E-state index contributed by atoms with van der Waals surface area (Å²) in [5.74, 6) is -2.01. The third kappa shape index (κ3) is 5.77. The summed E-state index contributed by atoms with van der Waals surface area (Å²) in [5, 5.41) is 10.1. The number of amides is 1. The first kappa shape index (κ1) is 25.3. The SMILES string of the molecule is CC(C)(O)C(=O)N1CCC(NS(=O)C(F)(F)F)C1Cc1cccc(-c2cccc(F)c2)c1F. The summed E-state index contributed by atoms with van der Waals surface area (Å²) in [6.45, 7) is 2.48. The first-order valence-electron chi connectivity index (χ1n) is 10.1. The highest BCUT2D eigenvalue weighted by molar-refractivity contribution is 7.83. The van der Waals surface area contributed by atoms with Crippen LogP contribution >= 0.6 is 0 Å². The van der Waals surface area contributed by atoms with Crippen LogP contribution in [0.5, 0.6) is 0 Å². The molecule has 2 aromatic carbocycles. The van der Waals surface area contributed by atoms with Crippen LogP contribution in [0.15, 0.2) is 42.5 Å². The second-order valence-corrected chi connectivity index (χ2v) is 9.58. The largest absolute Gasteiger partial charge is 0.485 e. The molecule has 1 aliphatic rings. The fraction of sp³-hybridized carbons (Fsp3) is 0.409. The number of rotatable bonds is 6. The monoisotopic (exact) mass is 490 g/mol. The molecule has 3 unspecified atom stereocenters. The number of nitrogens with one attached hydrogen (secondary N) is 1. The Hall–Kier alpha value is -2.37. The van der Waals surface area contributed by atoms with Crippen LogP contribution in [-0.2, 0) is 22.2 Å². The lowest BCUT2D eigenvalue weighted by atomic mass is 9.95. The van der Waals surface area contributed by atoms with E-state index in [9.17, 15) is 31.7 Å². The maximum Gasteiger partial charge on any atom is 0.485 e. The topological polar surface area (TPSA) is 69.6 Å². The summed E-state index contributed by atoms with van der Waals surface area (Å²) >= 11 is 0. The van der Waals surface area contributed by atoms with Gasteiger partial charge in [-0.15, -0.1) is 0 Å². The molecule has 1 amide bonds. The number of aliphatic hydroxyl groups is 1. The lowest BCUT2D eigenvalue weighted by Crippen LogP contribution is -2.53. The molecule has 0 saturated carbocycles. The molecule has 2 N–H and O–H groups in total. The van der Waals surface area contributed by atoms with E-state index in [0.29, 0.717) is 0 Å². The van der Waals surface area contributed by atoms with Crippen LogP contribution in [0.2, 0.25) is 0 Å². The van der Waals surface area contributed by atoms with Gasteiger partial charge < -0.3 is 10.0 Å². The fourth-order valence-electron chi connectivity index (χ4n) is 3.89. The molecule has 33 heavy (non-hydrogen) atoms. The van der Waals surface area contributed by atoms with E-state index in [2.05, 4.69) is 0 Å². The van der Waals surface area contributed by atoms with Crippen LogP contribution in [0.1, 0.15) is 25.8 Å². The molecule has 1 saturated heterocycles. The number of carbonyl (C=O) groups excluding carboxylic acids is 1. The Morgan fingerprint density at radius 1 is 1.18 bits per heavy atom. The lowest BCUT2D eigenvalue weighted by Gasteiger charge is -2.32. The van der Waals surface area contributed by atoms with Crippen LogP contribution in [-0.4, -0.2) is 49.9 Å². The molecule has 0 radical (unpaired) electrons. The van der Waals surface area contributed by atoms with E-state index in [0.717, 1.165) is 6.07 Å². The van der Waals surface area contributed by atoms with Gasteiger partial charge in [0.15, 0.2) is 11.0 Å². The summed E-state index contributed by atoms with van der Waals surface area (Å²) in [5.41, 5.74) is -6.37. The number of alkyl halides is 3. The third-order valence-corrected chi connectivity index (χ3v) is 6.38. The van der Waals surface area contributed by atoms with Crippen molar-refractivity contribution in [1.29, 1.82) is 0 Å². The molecule has 0 aliphatic carbocycles. The quantitative estimate of drug-likeness (QED) is 0.607. The van der Waals surface area contributed by atoms with Crippen molar-refractivity contribution in [1.82, 2.24) is 9.62 Å². The molecule has 5 nitrogen and oxygen atoms in total. The summed E-state index contributed by atoms with van der Waals surface area (Å²) in [4.78, 5) is 13.9. The molecule has 3 rings (SSSR count). The fourth-order valence-corrected chi connectivity index (χ4v) is 4.58. The average molecular weight is 490 g/mol. The molecular formula is C22H23F5N2O3S. The molecule has 3 atom stereocenters. The summed E-state index contributed by atoms with van der Waals surface area (Å²) < 4.78 is 81.2. The van der Waals surface area contributed by atoms with Gasteiger partial charge in [-0.05, 0) is 49.9 Å². The maximum atomic E-state index is 15.3. The number of hydrogen-bond donors (Lipinski definition) is 2. The van der Waals surface area contributed by atoms with E-state index in [-0.39, 0.29) is 36.1 Å². The minimum atomic E-state index is -5.01. The van der Waals surface area contributed by atoms with E-state index in [4.69, 9.17) is 0 Å². The standard InChI is InChI=1S/C22H23F5N2O3S/c1-21(2,31)20(30)29-10-9-17(28-33(32)22(25,26)27)18(29)12-14-6-4-8-16(19(14)24)13-5-3-7-15(23)11-13/h3-8,11,17-18,28,31H,9-10,12H2,1-2H3. The second-order valence-electron chi connectivity index (χ2n) is 8.35. The highest BCUT2D eigenvalue weighted by Crippen LogP contribution is 2.31. The number of hydrogen-bond acceptors (Lipinski definition) is 3. The summed E-state index contributed by atoms with van der Waals surface area (Å²) in [7, 11) is -3.38. The van der Waals surface area contributed by atoms with E-state index in [1.807, 2.05) is 4.72 Å². The lowest BCUT2D eigenvalue weighted by molar-refractivity contribution is -0.148. The second kappa shape index (κ2) is 9.47. The molecule has 180 valence electrons. The van der Waals surface area contributed by atoms with Crippen LogP contribution in [0.25, 0.3) is 11.1 Å². The Labute approximate surface area is 190 Å². The van der Waals surface area contributed by atoms with Gasteiger partial charge in [-0.1, -0.05) is 30.3 Å². The van der Waals surface area contributed by atoms with Gasteiger partial charge in [-0.2, -0.15) is 13.2 Å². The molecule has 0 spiro atoms. The highest BCUT2D eigenvalue weighted by Gasteiger charge is 2.45. The van der Waals surface area contributed by atoms with E-state index in [1.54, 1.807) is 0 Å². The maximum absolute atomic E-state index is 15.3. The first-order chi connectivity index (χ1) is 15.3. The Balaban J connectivity index is 1.96. The smallest absolute Gasteiger partial charge is 0.381 e. The van der Waals surface area contributed by atoms with E-state index >= 15 is 4.39 Å². The minimum Gasteiger partial charge on any atom is -0.381 e. The molecule has 0 bridgehead atoms. The van der Waals surface area contributed by atoms with Gasteiger partial charge >= 0.3 is 5.51 Å². The van der Waals surface area contributed by atoms with Gasteiger partial charge in [0.1, 0.15) is 17.2 Å². The third-order valence-electron chi connectivity index (χ3n) is 5.44. The van der Waals surface area contributed by atoms with Crippen molar-refractivity contribution in [2.75, 3.05) is 6.54 Å². The number of carbonyl (C=O) groups is 1. The number of likely N-dealkylation sites (tertiary alicyclic amines) is 1. The normalized spacial score (nSPS) is 20.2. The van der Waals surface area contributed by atoms with Crippen LogP contribution in [0.3, 0.4) is 0 Å². The van der Waals surface area contributed by atoms with Crippen molar-refractivity contribution in [3.8, 4) is 11.1 Å². The zero-order chi connectivity index (χ0) is 24.6. The van der Waals surface area contributed by atoms with Crippen LogP contribution < -0.4 is 4.72 Å². The molecule has 11 heteroatoms. The van der Waals surface area contributed by atoms with Crippen molar-refractivity contribution >= 4 is 16.9 Å². The van der Waals surface area contributed by atoms with Crippen molar-refractivity contribution in [3.05, 3.63) is 59.7 Å². The minimum absolute atomic E-state index is 0.00851. The Bertz CT molecular complexity index is 1060. The highest BCUT2D eigenvalue weighted by atomic mass is 32.2. The zero-order valence-corrected chi connectivity index (χ0v) is 18.6. The van der Waals surface area contributed by atoms with E-state index in [1.165, 1.54) is 55.1 Å². The predicted molar refractivity (Wildman–Crippen MR) is 113 cm³/mol. The molecule has 0 aromatic heterocycles. The van der Waals surface area contributed by atoms with Gasteiger partial charge in [0.2, 0.25) is 0 Å². The summed E-state index contributed by atoms with van der Waals surface area (Å²) in [6, 6.07) is 7.61. The molecular weight excluding hydrogens is 467 g/mol. The summed E-state index contributed by atoms with van der Waals surface area (Å²) in [6.07, 6.45) is -0.178. The number of halogens is 5. The van der Waals surface area contributed by atoms with Gasteiger partial charge in [0, 0.05) is 18.2 Å². The number of nitrogens with zero attached hydrogens (tertiary/aromatic N) is 1. The molecule has 2 aromatic rings. The number of benzene rings is 2. The Morgan fingerprint density at radius 2 is 1.85 bits per heavy atom. The van der Waals surface area contributed by atoms with Crippen molar-refractivity contribution in [3.63, 3.8) is 0 Å². The molecule has 1 aliphatic heterocycles. The van der Waals surface area contributed by atoms with Crippen molar-refractivity contribution in [2.45, 2.75) is 49.9 Å². The first-order valence-corrected chi connectivity index (χ1v) is 11.3. The van der Waals surface area contributed by atoms with Crippen LogP contribution in [0.4, 0.5) is 22.0 Å². The Morgan fingerprint density at radius 3 is 2.45 bits per heavy atom. The van der Waals surface area contributed by atoms with Crippen molar-refractivity contribution < 1.29 is 36.1 Å². The van der Waals surface area contributed by atoms with Gasteiger partial charge in [0.05, 0.1) is 6.04 Å². The van der Waals surface area contributed by atoms with Gasteiger partial charge in [-0.3, -0.25) is 4.79 Å². The van der Waals surface area contributed by atoms with Crippen LogP contribution in [0, 0.1) is 11.6 Å². The van der Waals surface area contributed by atoms with E-state index < -0.39 is 51.7 Å². The average Bonchev–Trinajstić information content (AvgIpc) is 3.09. The van der Waals surface area contributed by atoms with Gasteiger partial charge in [-0.25, -0.2) is 17.7 Å². The van der Waals surface area contributed by atoms with Gasteiger partial charge in [0.25, 0.3) is 5.91 Å². The molecule has 1 heterocycles. The molecule has 1 fully saturated rings. The zero-order valence-electron chi connectivity index (χ0n) is 17.8. The predicted octanol–water partition coefficient (Wildman–Crippen LogP) is 3.69. The Kier molecular flexibility index (Phi) is 7.25. The van der Waals surface area contributed by atoms with Crippen molar-refractivity contribution in [2.24, 2.45) is 0 Å².